The van der Waals surface area contributed by atoms with Gasteiger partial charge in [-0.1, -0.05) is 0 Å². The van der Waals surface area contributed by atoms with Gasteiger partial charge in [-0.25, -0.2) is 4.98 Å². The van der Waals surface area contributed by atoms with Gasteiger partial charge in [0.2, 0.25) is 0 Å². The van der Waals surface area contributed by atoms with Gasteiger partial charge in [-0.3, -0.25) is 4.79 Å². The van der Waals surface area contributed by atoms with Crippen molar-refractivity contribution in [1.29, 1.82) is 5.26 Å². The summed E-state index contributed by atoms with van der Waals surface area (Å²) in [5.74, 6) is 0.835. The first-order valence-electron chi connectivity index (χ1n) is 9.88. The number of rotatable bonds is 2. The van der Waals surface area contributed by atoms with Gasteiger partial charge in [-0.15, -0.1) is 16.4 Å². The Morgan fingerprint density at radius 3 is 2.57 bits per heavy atom. The maximum atomic E-state index is 13.2. The molecule has 1 amide bonds. The highest BCUT2D eigenvalue weighted by atomic mass is 32.1. The smallest absolute Gasteiger partial charge is 0.266 e. The number of aryl methyl sites for hydroxylation is 2. The van der Waals surface area contributed by atoms with Crippen LogP contribution in [0.25, 0.3) is 10.2 Å². The molecule has 0 aromatic carbocycles. The van der Waals surface area contributed by atoms with E-state index >= 15 is 0 Å². The van der Waals surface area contributed by atoms with Gasteiger partial charge in [-0.05, 0) is 31.5 Å². The molecule has 8 nitrogen and oxygen atoms in total. The summed E-state index contributed by atoms with van der Waals surface area (Å²) in [5.41, 5.74) is 10.2. The van der Waals surface area contributed by atoms with Crippen molar-refractivity contribution in [2.75, 3.05) is 36.8 Å². The third-order valence-corrected chi connectivity index (χ3v) is 7.41. The van der Waals surface area contributed by atoms with E-state index in [9.17, 15) is 4.79 Å². The van der Waals surface area contributed by atoms with Gasteiger partial charge in [0.05, 0.1) is 23.3 Å². The van der Waals surface area contributed by atoms with E-state index in [2.05, 4.69) is 20.1 Å². The predicted molar refractivity (Wildman–Crippen MR) is 115 cm³/mol. The second-order valence-electron chi connectivity index (χ2n) is 8.08. The lowest BCUT2D eigenvalue weighted by Crippen LogP contribution is -2.33. The number of carbonyl (C=O) groups is 1. The van der Waals surface area contributed by atoms with Crippen molar-refractivity contribution < 1.29 is 4.79 Å². The Morgan fingerprint density at radius 1 is 1.20 bits per heavy atom. The van der Waals surface area contributed by atoms with Gasteiger partial charge in [0.15, 0.2) is 0 Å². The number of hydrogen-bond donors (Lipinski definition) is 1. The molecule has 2 unspecified atom stereocenters. The van der Waals surface area contributed by atoms with Crippen LogP contribution in [-0.2, 0) is 0 Å². The molecule has 2 aliphatic heterocycles. The number of amides is 1. The molecule has 152 valence electrons. The second-order valence-corrected chi connectivity index (χ2v) is 9.08. The minimum absolute atomic E-state index is 0.00598. The first-order valence-corrected chi connectivity index (χ1v) is 10.7. The summed E-state index contributed by atoms with van der Waals surface area (Å²) >= 11 is 1.34. The highest BCUT2D eigenvalue weighted by Crippen LogP contribution is 2.38. The Balaban J connectivity index is 1.32. The fraction of sp³-hybridized carbons (Fsp3) is 0.381. The molecule has 30 heavy (non-hydrogen) atoms. The van der Waals surface area contributed by atoms with Gasteiger partial charge in [0.1, 0.15) is 21.5 Å². The molecule has 5 heterocycles. The summed E-state index contributed by atoms with van der Waals surface area (Å²) in [7, 11) is 0. The summed E-state index contributed by atoms with van der Waals surface area (Å²) in [6.07, 6.45) is 1.76. The minimum atomic E-state index is -0.00598. The first-order chi connectivity index (χ1) is 14.5. The molecule has 2 fully saturated rings. The van der Waals surface area contributed by atoms with Gasteiger partial charge >= 0.3 is 0 Å². The van der Waals surface area contributed by atoms with Crippen LogP contribution < -0.4 is 10.6 Å². The van der Waals surface area contributed by atoms with Crippen LogP contribution >= 0.6 is 11.3 Å². The van der Waals surface area contributed by atoms with Crippen LogP contribution in [0, 0.1) is 37.0 Å². The lowest BCUT2D eigenvalue weighted by molar-refractivity contribution is 0.0788. The molecule has 2 aliphatic rings. The standard InChI is InChI=1S/C21H21N7OS/c1-11-12(2)25-26-20-17(11)18(23)19(30-20)21(29)28-9-13-7-27(8-14(13)10-28)16-4-3-15(5-22)24-6-16/h3-4,6,13-14H,7-10,23H2,1-2H3. The quantitative estimate of drug-likeness (QED) is 0.678. The average molecular weight is 420 g/mol. The van der Waals surface area contributed by atoms with E-state index in [4.69, 9.17) is 11.0 Å². The maximum absolute atomic E-state index is 13.2. The number of thiophene rings is 1. The number of hydrogen-bond acceptors (Lipinski definition) is 8. The molecule has 0 radical (unpaired) electrons. The van der Waals surface area contributed by atoms with E-state index in [0.717, 1.165) is 53.3 Å². The number of pyridine rings is 1. The summed E-state index contributed by atoms with van der Waals surface area (Å²) in [5, 5.41) is 18.2. The summed E-state index contributed by atoms with van der Waals surface area (Å²) in [6, 6.07) is 5.74. The van der Waals surface area contributed by atoms with E-state index < -0.39 is 0 Å². The van der Waals surface area contributed by atoms with Crippen LogP contribution in [0.2, 0.25) is 0 Å². The van der Waals surface area contributed by atoms with Gasteiger partial charge in [0, 0.05) is 43.4 Å². The Morgan fingerprint density at radius 2 is 1.93 bits per heavy atom. The number of likely N-dealkylation sites (tertiary alicyclic amines) is 1. The van der Waals surface area contributed by atoms with Crippen molar-refractivity contribution in [2.24, 2.45) is 11.8 Å². The summed E-state index contributed by atoms with van der Waals surface area (Å²) in [6.45, 7) is 7.08. The molecule has 0 saturated carbocycles. The predicted octanol–water partition coefficient (Wildman–Crippen LogP) is 2.37. The molecule has 0 bridgehead atoms. The number of nitrogens with two attached hydrogens (primary N) is 1. The van der Waals surface area contributed by atoms with Gasteiger partial charge < -0.3 is 15.5 Å². The number of aromatic nitrogens is 3. The molecule has 3 aromatic rings. The van der Waals surface area contributed by atoms with Crippen LogP contribution in [0.1, 0.15) is 26.6 Å². The van der Waals surface area contributed by atoms with Crippen molar-refractivity contribution in [2.45, 2.75) is 13.8 Å². The van der Waals surface area contributed by atoms with Crippen LogP contribution in [0.15, 0.2) is 18.3 Å². The zero-order valence-electron chi connectivity index (χ0n) is 16.8. The largest absolute Gasteiger partial charge is 0.397 e. The Hall–Kier alpha value is -3.25. The van der Waals surface area contributed by atoms with E-state index in [1.165, 1.54) is 11.3 Å². The third-order valence-electron chi connectivity index (χ3n) is 6.33. The Bertz CT molecular complexity index is 1180. The topological polar surface area (TPSA) is 112 Å². The zero-order valence-corrected chi connectivity index (χ0v) is 17.6. The van der Waals surface area contributed by atoms with E-state index in [0.29, 0.717) is 28.1 Å². The molecular weight excluding hydrogens is 398 g/mol. The van der Waals surface area contributed by atoms with E-state index in [1.54, 1.807) is 12.3 Å². The third kappa shape index (κ3) is 2.87. The van der Waals surface area contributed by atoms with E-state index in [-0.39, 0.29) is 5.91 Å². The fourth-order valence-corrected chi connectivity index (χ4v) is 5.62. The Labute approximate surface area is 177 Å². The van der Waals surface area contributed by atoms with Crippen molar-refractivity contribution in [3.63, 3.8) is 0 Å². The molecule has 0 aliphatic carbocycles. The molecule has 9 heteroatoms. The number of nitrogens with zero attached hydrogens (tertiary/aromatic N) is 6. The van der Waals surface area contributed by atoms with Gasteiger partial charge in [-0.2, -0.15) is 10.4 Å². The Kier molecular flexibility index (Phi) is 4.33. The average Bonchev–Trinajstić information content (AvgIpc) is 3.42. The minimum Gasteiger partial charge on any atom is -0.397 e. The highest BCUT2D eigenvalue weighted by molar-refractivity contribution is 7.21. The molecule has 5 rings (SSSR count). The van der Waals surface area contributed by atoms with Crippen molar-refractivity contribution in [3.05, 3.63) is 40.2 Å². The lowest BCUT2D eigenvalue weighted by atomic mass is 10.0. The van der Waals surface area contributed by atoms with Crippen LogP contribution in [-0.4, -0.2) is 52.2 Å². The number of nitriles is 1. The fourth-order valence-electron chi connectivity index (χ4n) is 4.55. The molecule has 2 saturated heterocycles. The van der Waals surface area contributed by atoms with Crippen LogP contribution in [0.4, 0.5) is 11.4 Å². The van der Waals surface area contributed by atoms with Gasteiger partial charge in [0.25, 0.3) is 5.91 Å². The maximum Gasteiger partial charge on any atom is 0.266 e. The molecule has 0 spiro atoms. The second kappa shape index (κ2) is 6.92. The highest BCUT2D eigenvalue weighted by Gasteiger charge is 2.42. The first kappa shape index (κ1) is 18.8. The molecule has 2 N–H and O–H groups in total. The number of carbonyl (C=O) groups excluding carboxylic acids is 1. The zero-order chi connectivity index (χ0) is 21.0. The summed E-state index contributed by atoms with van der Waals surface area (Å²) in [4.78, 5) is 22.9. The van der Waals surface area contributed by atoms with Crippen molar-refractivity contribution in [1.82, 2.24) is 20.1 Å². The van der Waals surface area contributed by atoms with Crippen molar-refractivity contribution >= 4 is 38.8 Å². The number of fused-ring (bicyclic) bond motifs is 2. The van der Waals surface area contributed by atoms with Crippen LogP contribution in [0.3, 0.4) is 0 Å². The SMILES string of the molecule is Cc1nnc2sc(C(=O)N3CC4CN(c5ccc(C#N)nc5)CC4C3)c(N)c2c1C. The normalized spacial score (nSPS) is 20.6. The monoisotopic (exact) mass is 419 g/mol. The van der Waals surface area contributed by atoms with Crippen molar-refractivity contribution in [3.8, 4) is 6.07 Å². The molecule has 2 atom stereocenters. The summed E-state index contributed by atoms with van der Waals surface area (Å²) < 4.78 is 0. The lowest BCUT2D eigenvalue weighted by Gasteiger charge is -2.23. The molecular formula is C21H21N7OS. The van der Waals surface area contributed by atoms with Crippen LogP contribution in [0.5, 0.6) is 0 Å². The van der Waals surface area contributed by atoms with E-state index in [1.807, 2.05) is 30.9 Å². The molecule has 3 aromatic heterocycles. The number of nitrogen functional groups attached to an aromatic ring is 1. The number of anilines is 2.